The van der Waals surface area contributed by atoms with E-state index in [1.54, 1.807) is 11.1 Å². The first-order valence-corrected chi connectivity index (χ1v) is 6.77. The predicted molar refractivity (Wildman–Crippen MR) is 74.6 cm³/mol. The molecule has 2 rings (SSSR count). The molecule has 0 N–H and O–H groups in total. The van der Waals surface area contributed by atoms with Gasteiger partial charge in [-0.25, -0.2) is 5.57 Å². The first-order chi connectivity index (χ1) is 8.07. The van der Waals surface area contributed by atoms with Crippen molar-refractivity contribution in [2.45, 2.75) is 53.9 Å². The molecule has 1 unspecified atom stereocenters. The average Bonchev–Trinajstić information content (AvgIpc) is 2.82. The summed E-state index contributed by atoms with van der Waals surface area (Å²) < 4.78 is 0. The molecule has 0 saturated carbocycles. The molecule has 96 valence electrons. The van der Waals surface area contributed by atoms with E-state index < -0.39 is 0 Å². The maximum Gasteiger partial charge on any atom is 0 e. The van der Waals surface area contributed by atoms with Crippen molar-refractivity contribution in [1.29, 1.82) is 0 Å². The fourth-order valence-corrected chi connectivity index (χ4v) is 3.04. The van der Waals surface area contributed by atoms with Gasteiger partial charge < -0.3 is 0 Å². The van der Waals surface area contributed by atoms with Gasteiger partial charge in [0.2, 0.25) is 0 Å². The van der Waals surface area contributed by atoms with E-state index in [0.29, 0.717) is 5.92 Å². The Labute approximate surface area is 131 Å². The van der Waals surface area contributed by atoms with Gasteiger partial charge in [-0.2, -0.15) is 11.6 Å². The molecule has 0 aromatic rings. The van der Waals surface area contributed by atoms with Crippen LogP contribution in [0.3, 0.4) is 0 Å². The molecule has 0 amide bonds. The summed E-state index contributed by atoms with van der Waals surface area (Å²) in [5.74, 6) is 0.591. The van der Waals surface area contributed by atoms with Crippen molar-refractivity contribution in [2.75, 3.05) is 0 Å². The Bertz CT molecular complexity index is 458. The van der Waals surface area contributed by atoms with Gasteiger partial charge in [-0.05, 0) is 32.3 Å². The molecule has 0 bridgehead atoms. The third-order valence-corrected chi connectivity index (χ3v) is 4.38. The largest absolute Gasteiger partial charge is 0.269 e. The van der Waals surface area contributed by atoms with E-state index in [9.17, 15) is 0 Å². The van der Waals surface area contributed by atoms with Crippen molar-refractivity contribution in [3.8, 4) is 0 Å². The van der Waals surface area contributed by atoms with Gasteiger partial charge in [-0.1, -0.05) is 37.8 Å². The van der Waals surface area contributed by atoms with Gasteiger partial charge in [-0.15, -0.1) is 12.0 Å². The third-order valence-electron chi connectivity index (χ3n) is 4.38. The fourth-order valence-electron chi connectivity index (χ4n) is 3.04. The summed E-state index contributed by atoms with van der Waals surface area (Å²) in [7, 11) is 0. The zero-order chi connectivity index (χ0) is 12.6. The number of allylic oxidation sites excluding steroid dienone is 8. The van der Waals surface area contributed by atoms with Crippen molar-refractivity contribution in [3.63, 3.8) is 0 Å². The summed E-state index contributed by atoms with van der Waals surface area (Å²) in [6.45, 7) is 11.4. The van der Waals surface area contributed by atoms with E-state index in [4.69, 9.17) is 0 Å². The fraction of sp³-hybridized carbons (Fsp3) is 0.529. The minimum Gasteiger partial charge on any atom is -0.269 e. The van der Waals surface area contributed by atoms with E-state index in [1.807, 2.05) is 0 Å². The van der Waals surface area contributed by atoms with Crippen LogP contribution in [-0.4, -0.2) is 0 Å². The Morgan fingerprint density at radius 2 is 1.89 bits per heavy atom. The Hall–Kier alpha value is -0.157. The second kappa shape index (κ2) is 6.33. The van der Waals surface area contributed by atoms with E-state index in [2.05, 4.69) is 46.8 Å². The zero-order valence-electron chi connectivity index (χ0n) is 12.3. The molecule has 0 nitrogen and oxygen atoms in total. The quantitative estimate of drug-likeness (QED) is 0.632. The molecule has 0 aliphatic heterocycles. The van der Waals surface area contributed by atoms with Crippen LogP contribution in [0.4, 0.5) is 0 Å². The first-order valence-electron chi connectivity index (χ1n) is 6.77. The van der Waals surface area contributed by atoms with Crippen LogP contribution in [0.2, 0.25) is 0 Å². The third kappa shape index (κ3) is 2.57. The smallest absolute Gasteiger partial charge is 0 e. The van der Waals surface area contributed by atoms with Gasteiger partial charge in [0, 0.05) is 26.2 Å². The molecule has 0 aromatic carbocycles. The zero-order valence-corrected chi connectivity index (χ0v) is 14.7. The summed E-state index contributed by atoms with van der Waals surface area (Å²) in [4.78, 5) is 0. The van der Waals surface area contributed by atoms with Crippen LogP contribution in [-0.2, 0) is 26.2 Å². The van der Waals surface area contributed by atoms with Crippen molar-refractivity contribution in [3.05, 3.63) is 45.6 Å². The molecular formula is C17H23Zr-. The van der Waals surface area contributed by atoms with Crippen LogP contribution in [0.5, 0.6) is 0 Å². The van der Waals surface area contributed by atoms with Gasteiger partial charge in [-0.3, -0.25) is 6.08 Å². The Morgan fingerprint density at radius 3 is 2.39 bits per heavy atom. The van der Waals surface area contributed by atoms with E-state index in [0.717, 1.165) is 6.42 Å². The standard InChI is InChI=1S/C17H23.Zr/c1-6-8-15-9-7-10-16(15)17-13(4)11(2)12(3)14(17)5;/h10,13H,6-8H2,1-5H3;/q-1;. The predicted octanol–water partition coefficient (Wildman–Crippen LogP) is 5.15. The van der Waals surface area contributed by atoms with Gasteiger partial charge in [0.05, 0.1) is 0 Å². The van der Waals surface area contributed by atoms with Gasteiger partial charge in [0.15, 0.2) is 0 Å². The second-order valence-electron chi connectivity index (χ2n) is 5.30. The first kappa shape index (κ1) is 15.9. The molecule has 18 heavy (non-hydrogen) atoms. The maximum absolute atomic E-state index is 3.53. The molecule has 0 saturated heterocycles. The average molecular weight is 319 g/mol. The van der Waals surface area contributed by atoms with Crippen LogP contribution in [0.15, 0.2) is 39.5 Å². The van der Waals surface area contributed by atoms with Crippen molar-refractivity contribution < 1.29 is 26.2 Å². The maximum atomic E-state index is 3.53. The van der Waals surface area contributed by atoms with Crippen molar-refractivity contribution in [2.24, 2.45) is 5.92 Å². The summed E-state index contributed by atoms with van der Waals surface area (Å²) >= 11 is 0. The van der Waals surface area contributed by atoms with Crippen LogP contribution in [0.1, 0.15) is 53.9 Å². The summed E-state index contributed by atoms with van der Waals surface area (Å²) in [6, 6.07) is 0. The number of rotatable bonds is 3. The topological polar surface area (TPSA) is 0 Å². The Kier molecular flexibility index (Phi) is 5.59. The molecule has 2 aliphatic rings. The van der Waals surface area contributed by atoms with Crippen LogP contribution >= 0.6 is 0 Å². The van der Waals surface area contributed by atoms with Gasteiger partial charge in [0.1, 0.15) is 0 Å². The molecule has 0 radical (unpaired) electrons. The molecule has 1 heteroatoms. The molecule has 1 atom stereocenters. The summed E-state index contributed by atoms with van der Waals surface area (Å²) in [5.41, 5.74) is 9.05. The molecular weight excluding hydrogens is 295 g/mol. The van der Waals surface area contributed by atoms with Gasteiger partial charge >= 0.3 is 0 Å². The molecule has 0 aromatic heterocycles. The normalized spacial score (nSPS) is 23.3. The van der Waals surface area contributed by atoms with Crippen molar-refractivity contribution >= 4 is 0 Å². The molecule has 0 spiro atoms. The van der Waals surface area contributed by atoms with E-state index in [1.165, 1.54) is 35.1 Å². The summed E-state index contributed by atoms with van der Waals surface area (Å²) in [6.07, 6.45) is 9.29. The van der Waals surface area contributed by atoms with Crippen LogP contribution in [0, 0.1) is 12.0 Å². The van der Waals surface area contributed by atoms with E-state index >= 15 is 0 Å². The summed E-state index contributed by atoms with van der Waals surface area (Å²) in [5, 5.41) is 0. The van der Waals surface area contributed by atoms with Crippen molar-refractivity contribution in [1.82, 2.24) is 0 Å². The minimum atomic E-state index is 0. The number of hydrogen-bond donors (Lipinski definition) is 0. The second-order valence-corrected chi connectivity index (χ2v) is 5.30. The molecule has 0 fully saturated rings. The number of hydrogen-bond acceptors (Lipinski definition) is 0. The minimum absolute atomic E-state index is 0. The van der Waals surface area contributed by atoms with Crippen LogP contribution < -0.4 is 0 Å². The Balaban J connectivity index is 0.00000162. The van der Waals surface area contributed by atoms with Gasteiger partial charge in [0.25, 0.3) is 0 Å². The SMILES string of the molecule is CCCC1=[C-]CC=C1C1=C(C)C(C)=C(C)C1C.[Zr]. The van der Waals surface area contributed by atoms with Crippen LogP contribution in [0.25, 0.3) is 0 Å². The monoisotopic (exact) mass is 317 g/mol. The van der Waals surface area contributed by atoms with E-state index in [-0.39, 0.29) is 26.2 Å². The molecule has 0 heterocycles. The Morgan fingerprint density at radius 1 is 1.22 bits per heavy atom. The molecule has 2 aliphatic carbocycles.